The molecule has 11 nitrogen and oxygen atoms in total. The van der Waals surface area contributed by atoms with Gasteiger partial charge in [-0.3, -0.25) is 4.79 Å². The van der Waals surface area contributed by atoms with Gasteiger partial charge in [-0.25, -0.2) is 4.68 Å². The van der Waals surface area contributed by atoms with Crippen molar-refractivity contribution in [2.75, 3.05) is 19.8 Å². The quantitative estimate of drug-likeness (QED) is 0.236. The highest BCUT2D eigenvalue weighted by Crippen LogP contribution is 2.29. The molecule has 1 saturated heterocycles. The van der Waals surface area contributed by atoms with E-state index in [-0.39, 0.29) is 5.97 Å². The van der Waals surface area contributed by atoms with Crippen LogP contribution >= 0.6 is 0 Å². The zero-order valence-electron chi connectivity index (χ0n) is 19.9. The van der Waals surface area contributed by atoms with Crippen LogP contribution in [-0.4, -0.2) is 85.6 Å². The van der Waals surface area contributed by atoms with Gasteiger partial charge >= 0.3 is 5.97 Å². The summed E-state index contributed by atoms with van der Waals surface area (Å²) < 4.78 is 17.5. The molecule has 35 heavy (non-hydrogen) atoms. The van der Waals surface area contributed by atoms with Crippen molar-refractivity contribution in [2.45, 2.75) is 76.1 Å². The number of esters is 1. The minimum absolute atomic E-state index is 0.129. The molecule has 4 N–H and O–H groups in total. The molecule has 0 aliphatic carbocycles. The molecular formula is C24H35N3O8. The lowest BCUT2D eigenvalue weighted by Gasteiger charge is -2.39. The Bertz CT molecular complexity index is 904. The van der Waals surface area contributed by atoms with E-state index >= 15 is 0 Å². The van der Waals surface area contributed by atoms with Gasteiger partial charge in [0.25, 0.3) is 0 Å². The average Bonchev–Trinajstić information content (AvgIpc) is 3.35. The molecule has 1 aliphatic heterocycles. The SMILES string of the molecule is CCOC(=O)CCCCCCCOc1ccc(-c2cn([C@H]3O[C@H](CO)[C@@H](O)[C@H](O)[C@@H]3O)nn2)cc1. The number of rotatable bonds is 13. The van der Waals surface area contributed by atoms with E-state index in [1.807, 2.05) is 31.2 Å². The number of nitrogens with zero attached hydrogens (tertiary/aromatic N) is 3. The summed E-state index contributed by atoms with van der Waals surface area (Å²) in [7, 11) is 0. The third-order valence-electron chi connectivity index (χ3n) is 5.89. The van der Waals surface area contributed by atoms with Crippen molar-refractivity contribution in [3.05, 3.63) is 30.5 Å². The molecule has 5 atom stereocenters. The Balaban J connectivity index is 1.42. The third-order valence-corrected chi connectivity index (χ3v) is 5.89. The van der Waals surface area contributed by atoms with Crippen LogP contribution in [0, 0.1) is 0 Å². The normalized spacial score (nSPS) is 24.3. The van der Waals surface area contributed by atoms with Crippen molar-refractivity contribution in [3.63, 3.8) is 0 Å². The number of carbonyl (C=O) groups is 1. The standard InChI is InChI=1S/C24H35N3O8/c1-2-33-20(29)8-6-4-3-5-7-13-34-17-11-9-16(10-12-17)18-14-27(26-25-18)24-23(32)22(31)21(30)19(15-28)35-24/h9-12,14,19,21-24,28,30-32H,2-8,13,15H2,1H3/t19-,21-,22+,23+,24+/m1/s1. The van der Waals surface area contributed by atoms with Gasteiger partial charge in [-0.2, -0.15) is 0 Å². The summed E-state index contributed by atoms with van der Waals surface area (Å²) in [6.07, 6.45) is 0.416. The van der Waals surface area contributed by atoms with Crippen molar-refractivity contribution in [1.29, 1.82) is 0 Å². The molecule has 1 aromatic carbocycles. The number of hydrogen-bond acceptors (Lipinski definition) is 10. The first kappa shape index (κ1) is 27.0. The highest BCUT2D eigenvalue weighted by Gasteiger charge is 2.44. The molecule has 0 bridgehead atoms. The predicted octanol–water partition coefficient (Wildman–Crippen LogP) is 1.20. The van der Waals surface area contributed by atoms with Crippen LogP contribution in [0.3, 0.4) is 0 Å². The molecule has 0 radical (unpaired) electrons. The lowest BCUT2D eigenvalue weighted by atomic mass is 9.98. The Morgan fingerprint density at radius 1 is 1.03 bits per heavy atom. The van der Waals surface area contributed by atoms with E-state index in [1.54, 1.807) is 6.20 Å². The summed E-state index contributed by atoms with van der Waals surface area (Å²) in [6.45, 7) is 2.33. The van der Waals surface area contributed by atoms with Gasteiger partial charge in [0.15, 0.2) is 6.23 Å². The fourth-order valence-electron chi connectivity index (χ4n) is 3.88. The van der Waals surface area contributed by atoms with Crippen LogP contribution in [0.2, 0.25) is 0 Å². The van der Waals surface area contributed by atoms with Crippen LogP contribution in [0.15, 0.2) is 30.5 Å². The molecule has 1 aromatic heterocycles. The Morgan fingerprint density at radius 3 is 2.46 bits per heavy atom. The Kier molecular flexibility index (Phi) is 10.4. The fourth-order valence-corrected chi connectivity index (χ4v) is 3.88. The maximum atomic E-state index is 11.3. The van der Waals surface area contributed by atoms with Gasteiger partial charge in [-0.05, 0) is 44.0 Å². The van der Waals surface area contributed by atoms with Gasteiger partial charge < -0.3 is 34.6 Å². The van der Waals surface area contributed by atoms with Crippen molar-refractivity contribution < 1.29 is 39.4 Å². The second kappa shape index (κ2) is 13.5. The van der Waals surface area contributed by atoms with Gasteiger partial charge in [-0.15, -0.1) is 5.10 Å². The molecule has 11 heteroatoms. The smallest absolute Gasteiger partial charge is 0.305 e. The molecule has 0 amide bonds. The molecule has 1 fully saturated rings. The number of hydrogen-bond donors (Lipinski definition) is 4. The van der Waals surface area contributed by atoms with E-state index in [4.69, 9.17) is 14.2 Å². The molecule has 194 valence electrons. The van der Waals surface area contributed by atoms with E-state index in [0.717, 1.165) is 43.4 Å². The molecular weight excluding hydrogens is 458 g/mol. The zero-order valence-corrected chi connectivity index (χ0v) is 19.9. The lowest BCUT2D eigenvalue weighted by molar-refractivity contribution is -0.254. The molecule has 2 heterocycles. The third kappa shape index (κ3) is 7.45. The summed E-state index contributed by atoms with van der Waals surface area (Å²) in [6, 6.07) is 7.35. The number of aliphatic hydroxyl groups excluding tert-OH is 4. The van der Waals surface area contributed by atoms with Crippen LogP contribution in [0.5, 0.6) is 5.75 Å². The van der Waals surface area contributed by atoms with Crippen LogP contribution < -0.4 is 4.74 Å². The first-order valence-corrected chi connectivity index (χ1v) is 12.1. The second-order valence-electron chi connectivity index (χ2n) is 8.50. The van der Waals surface area contributed by atoms with Crippen LogP contribution in [0.4, 0.5) is 0 Å². The number of aromatic nitrogens is 3. The zero-order chi connectivity index (χ0) is 25.2. The van der Waals surface area contributed by atoms with E-state index in [2.05, 4.69) is 10.3 Å². The highest BCUT2D eigenvalue weighted by molar-refractivity contribution is 5.69. The maximum absolute atomic E-state index is 11.3. The first-order chi connectivity index (χ1) is 16.9. The second-order valence-corrected chi connectivity index (χ2v) is 8.50. The van der Waals surface area contributed by atoms with Crippen molar-refractivity contribution >= 4 is 5.97 Å². The lowest BCUT2D eigenvalue weighted by Crippen LogP contribution is -2.56. The summed E-state index contributed by atoms with van der Waals surface area (Å²) in [5, 5.41) is 47.6. The number of ether oxygens (including phenoxy) is 3. The number of benzene rings is 1. The van der Waals surface area contributed by atoms with Crippen molar-refractivity contribution in [1.82, 2.24) is 15.0 Å². The van der Waals surface area contributed by atoms with Crippen LogP contribution in [0.25, 0.3) is 11.3 Å². The fraction of sp³-hybridized carbons (Fsp3) is 0.625. The molecule has 2 aromatic rings. The minimum Gasteiger partial charge on any atom is -0.494 e. The monoisotopic (exact) mass is 493 g/mol. The van der Waals surface area contributed by atoms with Crippen molar-refractivity contribution in [3.8, 4) is 17.0 Å². The van der Waals surface area contributed by atoms with Crippen molar-refractivity contribution in [2.24, 2.45) is 0 Å². The Labute approximate surface area is 204 Å². The first-order valence-electron chi connectivity index (χ1n) is 12.1. The number of carbonyl (C=O) groups excluding carboxylic acids is 1. The van der Waals surface area contributed by atoms with E-state index in [9.17, 15) is 25.2 Å². The Hall–Kier alpha value is -2.57. The van der Waals surface area contributed by atoms with Gasteiger partial charge in [0.2, 0.25) is 0 Å². The average molecular weight is 494 g/mol. The number of aliphatic hydroxyl groups is 4. The minimum atomic E-state index is -1.49. The van der Waals surface area contributed by atoms with E-state index < -0.39 is 37.3 Å². The van der Waals surface area contributed by atoms with Gasteiger partial charge in [-0.1, -0.05) is 24.5 Å². The van der Waals surface area contributed by atoms with Gasteiger partial charge in [0.1, 0.15) is 35.9 Å². The maximum Gasteiger partial charge on any atom is 0.305 e. The summed E-state index contributed by atoms with van der Waals surface area (Å²) >= 11 is 0. The van der Waals surface area contributed by atoms with Gasteiger partial charge in [0, 0.05) is 12.0 Å². The molecule has 0 unspecified atom stereocenters. The summed E-state index contributed by atoms with van der Waals surface area (Å²) in [5.74, 6) is 0.605. The summed E-state index contributed by atoms with van der Waals surface area (Å²) in [4.78, 5) is 11.3. The largest absolute Gasteiger partial charge is 0.494 e. The van der Waals surface area contributed by atoms with Crippen LogP contribution in [-0.2, 0) is 14.3 Å². The topological polar surface area (TPSA) is 156 Å². The van der Waals surface area contributed by atoms with Crippen LogP contribution in [0.1, 0.15) is 51.7 Å². The summed E-state index contributed by atoms with van der Waals surface area (Å²) in [5.41, 5.74) is 1.30. The number of unbranched alkanes of at least 4 members (excludes halogenated alkanes) is 4. The molecule has 3 rings (SSSR count). The Morgan fingerprint density at radius 2 is 1.74 bits per heavy atom. The van der Waals surface area contributed by atoms with Gasteiger partial charge in [0.05, 0.1) is 26.0 Å². The predicted molar refractivity (Wildman–Crippen MR) is 124 cm³/mol. The molecule has 0 saturated carbocycles. The highest BCUT2D eigenvalue weighted by atomic mass is 16.6. The van der Waals surface area contributed by atoms with E-state index in [1.165, 1.54) is 4.68 Å². The molecule has 0 spiro atoms. The molecule has 1 aliphatic rings. The van der Waals surface area contributed by atoms with E-state index in [0.29, 0.717) is 25.3 Å².